The highest BCUT2D eigenvalue weighted by Gasteiger charge is 2.62. The molecule has 1 aliphatic heterocycles. The molecule has 0 aromatic heterocycles. The number of hydrogen-bond donors (Lipinski definition) is 3. The fourth-order valence-electron chi connectivity index (χ4n) is 1.51. The van der Waals surface area contributed by atoms with E-state index in [0.717, 1.165) is 0 Å². The zero-order valence-electron chi connectivity index (χ0n) is 7.49. The lowest BCUT2D eigenvalue weighted by atomic mass is 10.2. The predicted molar refractivity (Wildman–Crippen MR) is 55.7 cm³/mol. The molecule has 7 heteroatoms. The van der Waals surface area contributed by atoms with Gasteiger partial charge in [0.1, 0.15) is 0 Å². The van der Waals surface area contributed by atoms with Crippen LogP contribution in [0.1, 0.15) is 11.6 Å². The molecule has 0 aliphatic carbocycles. The lowest BCUT2D eigenvalue weighted by Gasteiger charge is -1.98. The lowest BCUT2D eigenvalue weighted by Crippen LogP contribution is -2.19. The number of nitrogens with one attached hydrogen (secondary N) is 1. The summed E-state index contributed by atoms with van der Waals surface area (Å²) in [6.45, 7) is 0. The summed E-state index contributed by atoms with van der Waals surface area (Å²) in [6, 6.07) is 7.99. The maximum atomic E-state index is 10.9. The Morgan fingerprint density at radius 2 is 1.53 bits per heavy atom. The summed E-state index contributed by atoms with van der Waals surface area (Å²) in [5.41, 5.74) is 0.663. The van der Waals surface area contributed by atoms with E-state index in [1.54, 1.807) is 30.3 Å². The summed E-state index contributed by atoms with van der Waals surface area (Å²) in [5.74, 6) is 0. The minimum absolute atomic E-state index is 0.638. The predicted octanol–water partition coefficient (Wildman–Crippen LogP) is -0.793. The molecule has 1 N–H and O–H groups in total. The molecule has 0 spiro atoms. The highest BCUT2D eigenvalue weighted by Crippen LogP contribution is 2.41. The maximum Gasteiger partial charge on any atom is 0.238 e. The molecule has 1 aromatic rings. The molecule has 2 rings (SSSR count). The molecule has 1 aliphatic rings. The van der Waals surface area contributed by atoms with Crippen molar-refractivity contribution < 1.29 is 16.8 Å². The van der Waals surface area contributed by atoms with Crippen LogP contribution in [0.5, 0.6) is 0 Å². The first-order valence-corrected chi connectivity index (χ1v) is 6.56. The normalized spacial score (nSPS) is 23.2. The van der Waals surface area contributed by atoms with Gasteiger partial charge in [-0.1, -0.05) is 30.3 Å². The van der Waals surface area contributed by atoms with Gasteiger partial charge in [-0.25, -0.2) is 16.8 Å². The minimum atomic E-state index is -3.04. The van der Waals surface area contributed by atoms with E-state index in [1.165, 1.54) is 0 Å². The van der Waals surface area contributed by atoms with Crippen molar-refractivity contribution in [1.82, 2.24) is 5.32 Å². The van der Waals surface area contributed by atoms with Crippen molar-refractivity contribution in [3.8, 4) is 0 Å². The van der Waals surface area contributed by atoms with E-state index in [2.05, 4.69) is 5.32 Å². The Morgan fingerprint density at radius 3 is 1.93 bits per heavy atom. The molecule has 1 aromatic carbocycles. The van der Waals surface area contributed by atoms with Gasteiger partial charge in [-0.05, 0) is 5.56 Å². The van der Waals surface area contributed by atoms with Gasteiger partial charge >= 0.3 is 0 Å². The van der Waals surface area contributed by atoms with Gasteiger partial charge in [-0.3, -0.25) is 5.32 Å². The summed E-state index contributed by atoms with van der Waals surface area (Å²) in [4.78, 5) is 0. The number of rotatable bonds is 3. The van der Waals surface area contributed by atoms with Crippen LogP contribution in [0.2, 0.25) is 0 Å². The SMILES string of the molecule is O=[SH](=O)C1([SH](=O)=O)NC1c1ccccc1. The largest absolute Gasteiger partial charge is 0.274 e. The molecule has 0 amide bonds. The van der Waals surface area contributed by atoms with Crippen molar-refractivity contribution in [3.63, 3.8) is 0 Å². The molecule has 1 heterocycles. The van der Waals surface area contributed by atoms with Crippen molar-refractivity contribution in [2.24, 2.45) is 0 Å². The standard InChI is InChI=1S/C8H9NO4S2/c10-14(11)8(15(12)13)7(9-8)6-4-2-1-3-5-6/h1-5,7,9,14-15H. The van der Waals surface area contributed by atoms with E-state index in [0.29, 0.717) is 5.56 Å². The molecule has 82 valence electrons. The van der Waals surface area contributed by atoms with E-state index >= 15 is 0 Å². The fourth-order valence-corrected chi connectivity index (χ4v) is 3.24. The Hall–Kier alpha value is -0.920. The molecule has 15 heavy (non-hydrogen) atoms. The van der Waals surface area contributed by atoms with Gasteiger partial charge < -0.3 is 0 Å². The van der Waals surface area contributed by atoms with E-state index < -0.39 is 31.7 Å². The van der Waals surface area contributed by atoms with Gasteiger partial charge in [0.05, 0.1) is 6.04 Å². The molecule has 0 saturated carbocycles. The molecule has 1 fully saturated rings. The second kappa shape index (κ2) is 3.58. The fraction of sp³-hybridized carbons (Fsp3) is 0.250. The summed E-state index contributed by atoms with van der Waals surface area (Å²) >= 11 is 0. The Kier molecular flexibility index (Phi) is 2.53. The van der Waals surface area contributed by atoms with Crippen LogP contribution in [0.4, 0.5) is 0 Å². The van der Waals surface area contributed by atoms with Gasteiger partial charge in [0.15, 0.2) is 21.4 Å². The highest BCUT2D eigenvalue weighted by molar-refractivity contribution is 7.93. The molecule has 1 saturated heterocycles. The highest BCUT2D eigenvalue weighted by atomic mass is 32.2. The van der Waals surface area contributed by atoms with Gasteiger partial charge in [0.2, 0.25) is 4.20 Å². The number of thiol groups is 2. The van der Waals surface area contributed by atoms with Crippen LogP contribution in [-0.2, 0) is 21.4 Å². The molecule has 0 bridgehead atoms. The zero-order chi connectivity index (χ0) is 11.1. The molecule has 1 atom stereocenters. The van der Waals surface area contributed by atoms with Crippen LogP contribution < -0.4 is 5.32 Å². The summed E-state index contributed by atoms with van der Waals surface area (Å²) in [6.07, 6.45) is 0. The first-order valence-electron chi connectivity index (χ1n) is 4.20. The van der Waals surface area contributed by atoms with Crippen molar-refractivity contribution in [2.45, 2.75) is 10.2 Å². The zero-order valence-corrected chi connectivity index (χ0v) is 9.28. The van der Waals surface area contributed by atoms with E-state index in [9.17, 15) is 16.8 Å². The van der Waals surface area contributed by atoms with Crippen molar-refractivity contribution in [3.05, 3.63) is 35.9 Å². The van der Waals surface area contributed by atoms with Crippen molar-refractivity contribution in [2.75, 3.05) is 0 Å². The second-order valence-corrected chi connectivity index (χ2v) is 6.02. The van der Waals surface area contributed by atoms with Crippen molar-refractivity contribution >= 4 is 21.4 Å². The summed E-state index contributed by atoms with van der Waals surface area (Å²) in [7, 11) is -6.08. The average Bonchev–Trinajstić information content (AvgIpc) is 2.95. The van der Waals surface area contributed by atoms with Crippen LogP contribution in [0.15, 0.2) is 30.3 Å². The molecule has 5 nitrogen and oxygen atoms in total. The third kappa shape index (κ3) is 1.56. The summed E-state index contributed by atoms with van der Waals surface area (Å²) < 4.78 is 41.8. The Morgan fingerprint density at radius 1 is 1.00 bits per heavy atom. The summed E-state index contributed by atoms with van der Waals surface area (Å²) in [5, 5.41) is 2.51. The molecular formula is C8H9NO4S2. The third-order valence-electron chi connectivity index (χ3n) is 2.37. The van der Waals surface area contributed by atoms with Gasteiger partial charge in [0.25, 0.3) is 0 Å². The second-order valence-electron chi connectivity index (χ2n) is 3.23. The quantitative estimate of drug-likeness (QED) is 0.481. The minimum Gasteiger partial charge on any atom is -0.274 e. The molecule has 1 unspecified atom stereocenters. The monoisotopic (exact) mass is 247 g/mol. The Bertz CT molecular complexity index is 483. The lowest BCUT2D eigenvalue weighted by molar-refractivity contribution is 0.592. The van der Waals surface area contributed by atoms with E-state index in [4.69, 9.17) is 0 Å². The third-order valence-corrected chi connectivity index (χ3v) is 5.23. The maximum absolute atomic E-state index is 10.9. The topological polar surface area (TPSA) is 90.2 Å². The van der Waals surface area contributed by atoms with Crippen LogP contribution in [-0.4, -0.2) is 21.0 Å². The van der Waals surface area contributed by atoms with Gasteiger partial charge in [-0.15, -0.1) is 0 Å². The van der Waals surface area contributed by atoms with Gasteiger partial charge in [0, 0.05) is 0 Å². The Balaban J connectivity index is 2.40. The van der Waals surface area contributed by atoms with Crippen LogP contribution >= 0.6 is 0 Å². The molecule has 0 radical (unpaired) electrons. The smallest absolute Gasteiger partial charge is 0.238 e. The first kappa shape index (κ1) is 10.6. The first-order chi connectivity index (χ1) is 7.09. The molecular weight excluding hydrogens is 238 g/mol. The van der Waals surface area contributed by atoms with Gasteiger partial charge in [-0.2, -0.15) is 0 Å². The van der Waals surface area contributed by atoms with Crippen LogP contribution in [0.25, 0.3) is 0 Å². The van der Waals surface area contributed by atoms with E-state index in [-0.39, 0.29) is 0 Å². The van der Waals surface area contributed by atoms with Crippen molar-refractivity contribution in [1.29, 1.82) is 0 Å². The number of hydrogen-bond acceptors (Lipinski definition) is 5. The number of benzene rings is 1. The average molecular weight is 247 g/mol. The Labute approximate surface area is 90.0 Å². The van der Waals surface area contributed by atoms with Crippen LogP contribution in [0.3, 0.4) is 0 Å². The van der Waals surface area contributed by atoms with Crippen LogP contribution in [0, 0.1) is 0 Å². The van der Waals surface area contributed by atoms with E-state index in [1.807, 2.05) is 0 Å².